The van der Waals surface area contributed by atoms with Gasteiger partial charge in [-0.3, -0.25) is 0 Å². The smallest absolute Gasteiger partial charge is 0.0642 e. The molecule has 0 aromatic heterocycles. The topological polar surface area (TPSA) is 9.23 Å². The first-order valence-electron chi connectivity index (χ1n) is 8.57. The third kappa shape index (κ3) is 1.94. The molecule has 18 heavy (non-hydrogen) atoms. The zero-order valence-electron chi connectivity index (χ0n) is 11.7. The number of hydrogen-bond acceptors (Lipinski definition) is 1. The third-order valence-corrected chi connectivity index (χ3v) is 6.52. The highest BCUT2D eigenvalue weighted by Gasteiger charge is 2.52. The van der Waals surface area contributed by atoms with Crippen molar-refractivity contribution in [2.24, 2.45) is 23.7 Å². The minimum absolute atomic E-state index is 0.660. The van der Waals surface area contributed by atoms with E-state index in [1.807, 2.05) is 0 Å². The van der Waals surface area contributed by atoms with Gasteiger partial charge in [0.25, 0.3) is 0 Å². The highest BCUT2D eigenvalue weighted by atomic mass is 16.5. The van der Waals surface area contributed by atoms with E-state index in [0.29, 0.717) is 12.2 Å². The summed E-state index contributed by atoms with van der Waals surface area (Å²) < 4.78 is 6.36. The minimum Gasteiger partial charge on any atom is -0.374 e. The summed E-state index contributed by atoms with van der Waals surface area (Å²) in [5.41, 5.74) is 0. The number of fused-ring (bicyclic) bond motifs is 2. The Kier molecular flexibility index (Phi) is 3.14. The summed E-state index contributed by atoms with van der Waals surface area (Å²) in [5, 5.41) is 0. The molecule has 0 aromatic carbocycles. The van der Waals surface area contributed by atoms with Gasteiger partial charge < -0.3 is 4.74 Å². The van der Waals surface area contributed by atoms with E-state index in [9.17, 15) is 0 Å². The number of hydrogen-bond donors (Lipinski definition) is 0. The van der Waals surface area contributed by atoms with Crippen LogP contribution in [0.5, 0.6) is 0 Å². The molecule has 2 bridgehead atoms. The molecule has 1 nitrogen and oxygen atoms in total. The van der Waals surface area contributed by atoms with Crippen LogP contribution >= 0.6 is 0 Å². The number of rotatable bonds is 2. The average molecular weight is 248 g/mol. The van der Waals surface area contributed by atoms with Crippen LogP contribution in [0.25, 0.3) is 0 Å². The van der Waals surface area contributed by atoms with Crippen LogP contribution in [0.1, 0.15) is 70.6 Å². The maximum absolute atomic E-state index is 6.36. The molecule has 4 unspecified atom stereocenters. The highest BCUT2D eigenvalue weighted by Crippen LogP contribution is 2.53. The van der Waals surface area contributed by atoms with Crippen molar-refractivity contribution in [3.05, 3.63) is 0 Å². The quantitative estimate of drug-likeness (QED) is 0.696. The van der Waals surface area contributed by atoms with Crippen LogP contribution in [-0.2, 0) is 4.74 Å². The van der Waals surface area contributed by atoms with E-state index >= 15 is 0 Å². The van der Waals surface area contributed by atoms with Gasteiger partial charge in [-0.1, -0.05) is 57.8 Å². The van der Waals surface area contributed by atoms with Crippen LogP contribution in [0.2, 0.25) is 0 Å². The van der Waals surface area contributed by atoms with E-state index in [0.717, 1.165) is 23.7 Å². The Morgan fingerprint density at radius 2 is 1.11 bits per heavy atom. The van der Waals surface area contributed by atoms with E-state index in [1.165, 1.54) is 70.6 Å². The maximum atomic E-state index is 6.36. The van der Waals surface area contributed by atoms with Gasteiger partial charge in [-0.2, -0.15) is 0 Å². The molecule has 4 rings (SSSR count). The van der Waals surface area contributed by atoms with Gasteiger partial charge in [-0.05, 0) is 36.5 Å². The summed E-state index contributed by atoms with van der Waals surface area (Å²) >= 11 is 0. The predicted octanol–water partition coefficient (Wildman–Crippen LogP) is 4.55. The first-order valence-corrected chi connectivity index (χ1v) is 8.57. The fraction of sp³-hybridized carbons (Fsp3) is 1.00. The summed E-state index contributed by atoms with van der Waals surface area (Å²) in [6.45, 7) is 0. The normalized spacial score (nSPS) is 46.0. The van der Waals surface area contributed by atoms with Gasteiger partial charge in [-0.15, -0.1) is 0 Å². The molecular formula is C17H28O. The van der Waals surface area contributed by atoms with Crippen LogP contribution in [0.4, 0.5) is 0 Å². The lowest BCUT2D eigenvalue weighted by Gasteiger charge is -2.36. The summed E-state index contributed by atoms with van der Waals surface area (Å²) in [6.07, 6.45) is 17.7. The number of ether oxygens (including phenoxy) is 1. The molecule has 2 saturated carbocycles. The second-order valence-corrected chi connectivity index (χ2v) is 7.46. The van der Waals surface area contributed by atoms with Gasteiger partial charge in [0, 0.05) is 0 Å². The van der Waals surface area contributed by atoms with Crippen molar-refractivity contribution >= 4 is 0 Å². The van der Waals surface area contributed by atoms with Crippen LogP contribution in [0.15, 0.2) is 0 Å². The van der Waals surface area contributed by atoms with Crippen LogP contribution in [0, 0.1) is 23.7 Å². The van der Waals surface area contributed by atoms with Crippen LogP contribution in [0.3, 0.4) is 0 Å². The zero-order chi connectivity index (χ0) is 11.9. The first-order chi connectivity index (χ1) is 8.92. The summed E-state index contributed by atoms with van der Waals surface area (Å²) in [6, 6.07) is 0. The zero-order valence-corrected chi connectivity index (χ0v) is 11.7. The van der Waals surface area contributed by atoms with E-state index < -0.39 is 0 Å². The summed E-state index contributed by atoms with van der Waals surface area (Å²) in [5.74, 6) is 3.97. The molecular weight excluding hydrogens is 220 g/mol. The van der Waals surface area contributed by atoms with E-state index in [1.54, 1.807) is 0 Å². The highest BCUT2D eigenvalue weighted by molar-refractivity contribution is 5.00. The van der Waals surface area contributed by atoms with Gasteiger partial charge in [0.2, 0.25) is 0 Å². The van der Waals surface area contributed by atoms with E-state index in [-0.39, 0.29) is 0 Å². The Bertz CT molecular complexity index is 288. The Balaban J connectivity index is 1.46. The first kappa shape index (κ1) is 11.8. The molecule has 2 aliphatic carbocycles. The summed E-state index contributed by atoms with van der Waals surface area (Å²) in [4.78, 5) is 0. The molecule has 102 valence electrons. The molecule has 0 spiro atoms. The molecule has 1 heteroatoms. The van der Waals surface area contributed by atoms with Crippen molar-refractivity contribution in [3.8, 4) is 0 Å². The Morgan fingerprint density at radius 3 is 1.61 bits per heavy atom. The molecule has 0 radical (unpaired) electrons. The monoisotopic (exact) mass is 248 g/mol. The second-order valence-electron chi connectivity index (χ2n) is 7.46. The fourth-order valence-corrected chi connectivity index (χ4v) is 5.69. The van der Waals surface area contributed by atoms with Crippen molar-refractivity contribution in [1.29, 1.82) is 0 Å². The standard InChI is InChI=1S/C17H28O/c1-2-6-12(7-3-1)15-10-14-11-16(17(15)18-14)13-8-4-5-9-13/h12-17H,1-11H2. The third-order valence-electron chi connectivity index (χ3n) is 6.52. The van der Waals surface area contributed by atoms with Gasteiger partial charge in [0.15, 0.2) is 0 Å². The van der Waals surface area contributed by atoms with Crippen molar-refractivity contribution in [1.82, 2.24) is 0 Å². The lowest BCUT2D eigenvalue weighted by atomic mass is 9.67. The minimum atomic E-state index is 0.660. The van der Waals surface area contributed by atoms with Crippen molar-refractivity contribution in [2.45, 2.75) is 82.8 Å². The van der Waals surface area contributed by atoms with E-state index in [4.69, 9.17) is 4.74 Å². The molecule has 0 amide bonds. The lowest BCUT2D eigenvalue weighted by Crippen LogP contribution is -2.35. The fourth-order valence-electron chi connectivity index (χ4n) is 5.69. The molecule has 4 fully saturated rings. The Morgan fingerprint density at radius 1 is 0.611 bits per heavy atom. The van der Waals surface area contributed by atoms with Gasteiger partial charge in [0.05, 0.1) is 12.2 Å². The van der Waals surface area contributed by atoms with Crippen LogP contribution < -0.4 is 0 Å². The molecule has 4 atom stereocenters. The molecule has 0 aromatic rings. The SMILES string of the molecule is C1CCC(C2CC3CC(C4CCCC4)C2O3)CC1. The maximum Gasteiger partial charge on any atom is 0.0642 e. The summed E-state index contributed by atoms with van der Waals surface area (Å²) in [7, 11) is 0. The van der Waals surface area contributed by atoms with Crippen molar-refractivity contribution in [2.75, 3.05) is 0 Å². The second kappa shape index (κ2) is 4.81. The van der Waals surface area contributed by atoms with Crippen molar-refractivity contribution < 1.29 is 4.74 Å². The molecule has 2 aliphatic heterocycles. The molecule has 4 aliphatic rings. The Hall–Kier alpha value is -0.0400. The molecule has 2 saturated heterocycles. The van der Waals surface area contributed by atoms with Gasteiger partial charge in [0.1, 0.15) is 0 Å². The van der Waals surface area contributed by atoms with Crippen LogP contribution in [-0.4, -0.2) is 12.2 Å². The molecule has 0 N–H and O–H groups in total. The lowest BCUT2D eigenvalue weighted by molar-refractivity contribution is 0.0419. The van der Waals surface area contributed by atoms with E-state index in [2.05, 4.69) is 0 Å². The average Bonchev–Trinajstić information content (AvgIpc) is 3.15. The molecule has 2 heterocycles. The predicted molar refractivity (Wildman–Crippen MR) is 73.4 cm³/mol. The van der Waals surface area contributed by atoms with Gasteiger partial charge >= 0.3 is 0 Å². The van der Waals surface area contributed by atoms with Gasteiger partial charge in [-0.25, -0.2) is 0 Å². The Labute approximate surface area is 112 Å². The van der Waals surface area contributed by atoms with Crippen molar-refractivity contribution in [3.63, 3.8) is 0 Å². The largest absolute Gasteiger partial charge is 0.374 e.